The highest BCUT2D eigenvalue weighted by atomic mass is 19.4. The van der Waals surface area contributed by atoms with Gasteiger partial charge in [0.25, 0.3) is 5.92 Å². The average Bonchev–Trinajstić information content (AvgIpc) is 3.77. The number of alkyl halides is 8. The number of ether oxygens (including phenoxy) is 2. The number of methoxy groups -OCH3 is 1. The van der Waals surface area contributed by atoms with Gasteiger partial charge in [-0.05, 0) is 79.3 Å². The summed E-state index contributed by atoms with van der Waals surface area (Å²) in [5.41, 5.74) is -1.05. The second kappa shape index (κ2) is 10.8. The summed E-state index contributed by atoms with van der Waals surface area (Å²) in [5, 5.41) is 0. The molecule has 1 aliphatic carbocycles. The van der Waals surface area contributed by atoms with Gasteiger partial charge in [0.2, 0.25) is 0 Å². The number of rotatable bonds is 7. The number of hydrogen-bond donors (Lipinski definition) is 0. The van der Waals surface area contributed by atoms with Gasteiger partial charge >= 0.3 is 18.4 Å². The fourth-order valence-corrected chi connectivity index (χ4v) is 5.78. The number of aromatic nitrogens is 1. The Morgan fingerprint density at radius 2 is 1.56 bits per heavy atom. The fourth-order valence-electron chi connectivity index (χ4n) is 5.78. The van der Waals surface area contributed by atoms with Crippen molar-refractivity contribution < 1.29 is 49.4 Å². The zero-order chi connectivity index (χ0) is 32.5. The van der Waals surface area contributed by atoms with Crippen LogP contribution in [0.15, 0.2) is 48.5 Å². The van der Waals surface area contributed by atoms with E-state index in [0.29, 0.717) is 34.9 Å². The van der Waals surface area contributed by atoms with E-state index < -0.39 is 66.3 Å². The Bertz CT molecular complexity index is 1600. The van der Waals surface area contributed by atoms with Gasteiger partial charge in [0.1, 0.15) is 17.7 Å². The zero-order valence-corrected chi connectivity index (χ0v) is 24.0. The number of anilines is 1. The molecular formula is C31H27F8N3O3. The maximum absolute atomic E-state index is 13.7. The summed E-state index contributed by atoms with van der Waals surface area (Å²) in [5.74, 6) is -1.80. The summed E-state index contributed by atoms with van der Waals surface area (Å²) in [6.07, 6.45) is -10.6. The van der Waals surface area contributed by atoms with Crippen molar-refractivity contribution in [3.05, 3.63) is 76.5 Å². The average molecular weight is 642 g/mol. The first kappa shape index (κ1) is 30.9. The number of cyclic esters (lactones) is 1. The van der Waals surface area contributed by atoms with Gasteiger partial charge in [-0.2, -0.15) is 26.3 Å². The Hall–Kier alpha value is -4.10. The fraction of sp³-hybridized carbons (Fsp3) is 0.419. The smallest absolute Gasteiger partial charge is 0.416 e. The molecule has 2 aliphatic heterocycles. The summed E-state index contributed by atoms with van der Waals surface area (Å²) in [6.45, 7) is 0.0594. The Morgan fingerprint density at radius 3 is 2.11 bits per heavy atom. The molecule has 2 aromatic carbocycles. The normalized spacial score (nSPS) is 21.5. The Morgan fingerprint density at radius 1 is 0.911 bits per heavy atom. The minimum absolute atomic E-state index is 0.00680. The quantitative estimate of drug-likeness (QED) is 0.244. The molecule has 45 heavy (non-hydrogen) atoms. The van der Waals surface area contributed by atoms with Crippen LogP contribution in [-0.2, 0) is 23.6 Å². The lowest BCUT2D eigenvalue weighted by atomic mass is 9.96. The largest absolute Gasteiger partial charge is 0.496 e. The van der Waals surface area contributed by atoms with E-state index in [9.17, 15) is 39.9 Å². The minimum atomic E-state index is -5.08. The Balaban J connectivity index is 1.38. The van der Waals surface area contributed by atoms with Gasteiger partial charge in [0.15, 0.2) is 0 Å². The molecule has 240 valence electrons. The molecule has 3 aliphatic rings. The van der Waals surface area contributed by atoms with Crippen molar-refractivity contribution in [2.75, 3.05) is 25.1 Å². The first-order chi connectivity index (χ1) is 21.0. The molecule has 2 atom stereocenters. The number of carbonyl (C=O) groups is 1. The molecule has 2 saturated heterocycles. The van der Waals surface area contributed by atoms with Crippen molar-refractivity contribution >= 4 is 11.9 Å². The first-order valence-corrected chi connectivity index (χ1v) is 14.1. The summed E-state index contributed by atoms with van der Waals surface area (Å²) in [4.78, 5) is 20.3. The van der Waals surface area contributed by atoms with E-state index in [1.54, 1.807) is 18.2 Å². The van der Waals surface area contributed by atoms with Gasteiger partial charge in [0, 0.05) is 11.1 Å². The Kier molecular flexibility index (Phi) is 7.39. The van der Waals surface area contributed by atoms with Gasteiger partial charge in [-0.15, -0.1) is 0 Å². The molecule has 1 saturated carbocycles. The van der Waals surface area contributed by atoms with Crippen molar-refractivity contribution in [3.63, 3.8) is 0 Å². The highest BCUT2D eigenvalue weighted by Gasteiger charge is 2.46. The second-order valence-electron chi connectivity index (χ2n) is 11.6. The summed E-state index contributed by atoms with van der Waals surface area (Å²) < 4.78 is 120. The van der Waals surface area contributed by atoms with Crippen LogP contribution in [0.4, 0.5) is 45.7 Å². The predicted molar refractivity (Wildman–Crippen MR) is 146 cm³/mol. The van der Waals surface area contributed by atoms with Crippen LogP contribution in [0.1, 0.15) is 59.7 Å². The first-order valence-electron chi connectivity index (χ1n) is 14.1. The maximum atomic E-state index is 13.7. The van der Waals surface area contributed by atoms with E-state index in [2.05, 4.69) is 4.98 Å². The number of pyridine rings is 1. The van der Waals surface area contributed by atoms with Crippen LogP contribution in [0.2, 0.25) is 0 Å². The topological polar surface area (TPSA) is 54.9 Å². The molecule has 1 aromatic heterocycles. The van der Waals surface area contributed by atoms with Crippen molar-refractivity contribution in [3.8, 4) is 16.9 Å². The molecule has 3 aromatic rings. The molecule has 0 spiro atoms. The number of amides is 1. The minimum Gasteiger partial charge on any atom is -0.496 e. The molecule has 3 fully saturated rings. The third-order valence-corrected chi connectivity index (χ3v) is 8.34. The number of benzene rings is 2. The summed E-state index contributed by atoms with van der Waals surface area (Å²) >= 11 is 0. The molecule has 0 N–H and O–H groups in total. The van der Waals surface area contributed by atoms with Gasteiger partial charge in [0.05, 0.1) is 49.6 Å². The maximum Gasteiger partial charge on any atom is 0.416 e. The number of hydrogen-bond acceptors (Lipinski definition) is 5. The van der Waals surface area contributed by atoms with E-state index in [-0.39, 0.29) is 24.1 Å². The third-order valence-electron chi connectivity index (χ3n) is 8.34. The van der Waals surface area contributed by atoms with Gasteiger partial charge in [-0.25, -0.2) is 18.6 Å². The number of halogens is 8. The van der Waals surface area contributed by atoms with E-state index in [0.717, 1.165) is 23.3 Å². The Labute approximate surface area is 252 Å². The van der Waals surface area contributed by atoms with Crippen LogP contribution in [-0.4, -0.2) is 48.1 Å². The van der Waals surface area contributed by atoms with E-state index in [4.69, 9.17) is 9.47 Å². The van der Waals surface area contributed by atoms with Gasteiger partial charge < -0.3 is 14.4 Å². The van der Waals surface area contributed by atoms with Crippen LogP contribution in [0, 0.1) is 0 Å². The zero-order valence-electron chi connectivity index (χ0n) is 24.0. The summed E-state index contributed by atoms with van der Waals surface area (Å²) in [7, 11) is 1.48. The standard InChI is InChI=1S/C31H27F8N3O3/c1-16-27(19-9-20(30(34,35)36)12-21(10-19)31(37,38)39)45-28(43)42(16)13-24-22(6-8-26(40-24)41-14-29(32,33)15-41)23-11-18(17-3-4-17)5-7-25(23)44-2/h5-12,16-17,27H,3-4,13-15H2,1-2H3/t16-,27-/m0/s1. The molecule has 0 radical (unpaired) electrons. The van der Waals surface area contributed by atoms with E-state index in [1.165, 1.54) is 18.9 Å². The lowest BCUT2D eigenvalue weighted by molar-refractivity contribution is -0.143. The molecule has 6 rings (SSSR count). The molecule has 0 unspecified atom stereocenters. The lowest BCUT2D eigenvalue weighted by Gasteiger charge is -2.39. The van der Waals surface area contributed by atoms with Crippen molar-refractivity contribution in [1.82, 2.24) is 9.88 Å². The SMILES string of the molecule is COc1ccc(C2CC2)cc1-c1ccc(N2CC(F)(F)C2)nc1CN1C(=O)O[C@H](c2cc(C(F)(F)F)cc(C(F)(F)F)c2)[C@@H]1C. The van der Waals surface area contributed by atoms with Crippen LogP contribution in [0.3, 0.4) is 0 Å². The van der Waals surface area contributed by atoms with Gasteiger partial charge in [-0.3, -0.25) is 4.90 Å². The van der Waals surface area contributed by atoms with Crippen LogP contribution in [0.5, 0.6) is 5.75 Å². The molecule has 0 bridgehead atoms. The second-order valence-corrected chi connectivity index (χ2v) is 11.6. The number of carbonyl (C=O) groups excluding carboxylic acids is 1. The molecular weight excluding hydrogens is 614 g/mol. The van der Waals surface area contributed by atoms with Crippen LogP contribution in [0.25, 0.3) is 11.1 Å². The molecule has 3 heterocycles. The highest BCUT2D eigenvalue weighted by Crippen LogP contribution is 2.45. The predicted octanol–water partition coefficient (Wildman–Crippen LogP) is 8.21. The number of nitrogens with zero attached hydrogens (tertiary/aromatic N) is 3. The van der Waals surface area contributed by atoms with Gasteiger partial charge in [-0.1, -0.05) is 6.07 Å². The van der Waals surface area contributed by atoms with Crippen LogP contribution < -0.4 is 9.64 Å². The van der Waals surface area contributed by atoms with E-state index in [1.807, 2.05) is 12.1 Å². The molecule has 6 nitrogen and oxygen atoms in total. The third kappa shape index (κ3) is 6.10. The van der Waals surface area contributed by atoms with Crippen molar-refractivity contribution in [1.29, 1.82) is 0 Å². The molecule has 14 heteroatoms. The summed E-state index contributed by atoms with van der Waals surface area (Å²) in [6, 6.07) is 8.99. The monoisotopic (exact) mass is 641 g/mol. The van der Waals surface area contributed by atoms with Crippen LogP contribution >= 0.6 is 0 Å². The lowest BCUT2D eigenvalue weighted by Crippen LogP contribution is -2.56. The highest BCUT2D eigenvalue weighted by molar-refractivity contribution is 5.76. The van der Waals surface area contributed by atoms with Crippen molar-refractivity contribution in [2.24, 2.45) is 0 Å². The van der Waals surface area contributed by atoms with E-state index >= 15 is 0 Å². The van der Waals surface area contributed by atoms with Crippen molar-refractivity contribution in [2.45, 2.75) is 62.6 Å². The molecule has 1 amide bonds.